The standard InChI is InChI=1S/C17H17NO3S/c1-21-17(20)12-7-2-4-8-14(12)18-16(19)13-10-22-15-9-5-3-6-11(13)15/h2,4,7-8,10H,3,5-6,9H2,1H3,(H,18,19). The van der Waals surface area contributed by atoms with E-state index in [0.29, 0.717) is 11.3 Å². The lowest BCUT2D eigenvalue weighted by molar-refractivity contribution is 0.0602. The molecule has 0 saturated heterocycles. The molecule has 1 aliphatic carbocycles. The number of hydrogen-bond donors (Lipinski definition) is 1. The lowest BCUT2D eigenvalue weighted by Crippen LogP contribution is -2.17. The van der Waals surface area contributed by atoms with Gasteiger partial charge in [-0.1, -0.05) is 12.1 Å². The van der Waals surface area contributed by atoms with Crippen LogP contribution < -0.4 is 5.32 Å². The highest BCUT2D eigenvalue weighted by Crippen LogP contribution is 2.31. The maximum Gasteiger partial charge on any atom is 0.339 e. The second-order valence-electron chi connectivity index (χ2n) is 5.25. The molecule has 4 nitrogen and oxygen atoms in total. The summed E-state index contributed by atoms with van der Waals surface area (Å²) < 4.78 is 4.75. The quantitative estimate of drug-likeness (QED) is 0.879. The molecule has 0 radical (unpaired) electrons. The number of ether oxygens (including phenoxy) is 1. The molecule has 1 heterocycles. The van der Waals surface area contributed by atoms with E-state index in [1.807, 2.05) is 5.38 Å². The molecular formula is C17H17NO3S. The molecule has 2 aromatic rings. The summed E-state index contributed by atoms with van der Waals surface area (Å²) in [6.45, 7) is 0. The summed E-state index contributed by atoms with van der Waals surface area (Å²) in [6, 6.07) is 6.88. The van der Waals surface area contributed by atoms with Gasteiger partial charge in [0, 0.05) is 10.3 Å². The lowest BCUT2D eigenvalue weighted by Gasteiger charge is -2.13. The monoisotopic (exact) mass is 315 g/mol. The third kappa shape index (κ3) is 2.76. The van der Waals surface area contributed by atoms with E-state index in [-0.39, 0.29) is 5.91 Å². The van der Waals surface area contributed by atoms with Crippen molar-refractivity contribution in [1.82, 2.24) is 0 Å². The molecule has 114 valence electrons. The molecule has 1 amide bonds. The Kier molecular flexibility index (Phi) is 4.24. The molecule has 1 aromatic carbocycles. The van der Waals surface area contributed by atoms with Crippen molar-refractivity contribution in [3.8, 4) is 0 Å². The predicted molar refractivity (Wildman–Crippen MR) is 86.7 cm³/mol. The number of nitrogens with one attached hydrogen (secondary N) is 1. The average molecular weight is 315 g/mol. The van der Waals surface area contributed by atoms with Crippen molar-refractivity contribution in [3.63, 3.8) is 0 Å². The van der Waals surface area contributed by atoms with Gasteiger partial charge in [-0.25, -0.2) is 4.79 Å². The van der Waals surface area contributed by atoms with Crippen LogP contribution >= 0.6 is 11.3 Å². The van der Waals surface area contributed by atoms with Crippen molar-refractivity contribution in [2.45, 2.75) is 25.7 Å². The third-order valence-electron chi connectivity index (χ3n) is 3.89. The molecule has 0 atom stereocenters. The number of benzene rings is 1. The van der Waals surface area contributed by atoms with Crippen LogP contribution in [0.4, 0.5) is 5.69 Å². The predicted octanol–water partition coefficient (Wildman–Crippen LogP) is 3.67. The van der Waals surface area contributed by atoms with Gasteiger partial charge in [-0.3, -0.25) is 4.79 Å². The van der Waals surface area contributed by atoms with Crippen molar-refractivity contribution in [1.29, 1.82) is 0 Å². The van der Waals surface area contributed by atoms with Gasteiger partial charge >= 0.3 is 5.97 Å². The van der Waals surface area contributed by atoms with E-state index in [2.05, 4.69) is 5.32 Å². The molecule has 3 rings (SSSR count). The Morgan fingerprint density at radius 3 is 2.73 bits per heavy atom. The zero-order valence-electron chi connectivity index (χ0n) is 12.3. The lowest BCUT2D eigenvalue weighted by atomic mass is 9.95. The number of aryl methyl sites for hydroxylation is 1. The fraction of sp³-hybridized carbons (Fsp3) is 0.294. The van der Waals surface area contributed by atoms with Crippen LogP contribution in [0.15, 0.2) is 29.6 Å². The highest BCUT2D eigenvalue weighted by molar-refractivity contribution is 7.10. The third-order valence-corrected chi connectivity index (χ3v) is 4.98. The van der Waals surface area contributed by atoms with Crippen LogP contribution in [-0.4, -0.2) is 19.0 Å². The molecule has 0 saturated carbocycles. The number of amides is 1. The smallest absolute Gasteiger partial charge is 0.339 e. The van der Waals surface area contributed by atoms with Gasteiger partial charge in [-0.2, -0.15) is 0 Å². The molecule has 0 fully saturated rings. The number of rotatable bonds is 3. The molecule has 0 unspecified atom stereocenters. The van der Waals surface area contributed by atoms with Gasteiger partial charge in [0.1, 0.15) is 0 Å². The second-order valence-corrected chi connectivity index (χ2v) is 6.21. The van der Waals surface area contributed by atoms with E-state index >= 15 is 0 Å². The van der Waals surface area contributed by atoms with Gasteiger partial charge < -0.3 is 10.1 Å². The number of carbonyl (C=O) groups is 2. The van der Waals surface area contributed by atoms with Gasteiger partial charge in [0.25, 0.3) is 5.91 Å². The summed E-state index contributed by atoms with van der Waals surface area (Å²) in [5.74, 6) is -0.612. The summed E-state index contributed by atoms with van der Waals surface area (Å²) >= 11 is 1.65. The van der Waals surface area contributed by atoms with Gasteiger partial charge in [-0.15, -0.1) is 11.3 Å². The zero-order valence-corrected chi connectivity index (χ0v) is 13.2. The molecule has 0 bridgehead atoms. The highest BCUT2D eigenvalue weighted by atomic mass is 32.1. The Hall–Kier alpha value is -2.14. The number of hydrogen-bond acceptors (Lipinski definition) is 4. The van der Waals surface area contributed by atoms with Crippen LogP contribution in [0.3, 0.4) is 0 Å². The van der Waals surface area contributed by atoms with Gasteiger partial charge in [0.15, 0.2) is 0 Å². The zero-order chi connectivity index (χ0) is 15.5. The largest absolute Gasteiger partial charge is 0.465 e. The maximum absolute atomic E-state index is 12.6. The Labute approximate surface area is 133 Å². The molecular weight excluding hydrogens is 298 g/mol. The first-order valence-corrected chi connectivity index (χ1v) is 8.16. The fourth-order valence-corrected chi connectivity index (χ4v) is 3.88. The number of fused-ring (bicyclic) bond motifs is 1. The van der Waals surface area contributed by atoms with Gasteiger partial charge in [0.05, 0.1) is 23.9 Å². The molecule has 1 N–H and O–H groups in total. The summed E-state index contributed by atoms with van der Waals surface area (Å²) in [7, 11) is 1.33. The van der Waals surface area contributed by atoms with E-state index in [1.54, 1.807) is 35.6 Å². The Balaban J connectivity index is 1.86. The molecule has 1 aromatic heterocycles. The van der Waals surface area contributed by atoms with E-state index in [1.165, 1.54) is 24.0 Å². The molecule has 0 aliphatic heterocycles. The maximum atomic E-state index is 12.6. The highest BCUT2D eigenvalue weighted by Gasteiger charge is 2.21. The normalized spacial score (nSPS) is 13.3. The summed E-state index contributed by atoms with van der Waals surface area (Å²) in [6.07, 6.45) is 4.34. The first-order valence-electron chi connectivity index (χ1n) is 7.28. The van der Waals surface area contributed by atoms with E-state index in [9.17, 15) is 9.59 Å². The first-order chi connectivity index (χ1) is 10.7. The van der Waals surface area contributed by atoms with Crippen LogP contribution in [0.1, 0.15) is 44.0 Å². The summed E-state index contributed by atoms with van der Waals surface area (Å²) in [5.41, 5.74) is 2.75. The summed E-state index contributed by atoms with van der Waals surface area (Å²) in [4.78, 5) is 25.6. The van der Waals surface area contributed by atoms with Crippen molar-refractivity contribution in [2.24, 2.45) is 0 Å². The van der Waals surface area contributed by atoms with Crippen LogP contribution in [0.5, 0.6) is 0 Å². The van der Waals surface area contributed by atoms with Crippen molar-refractivity contribution >= 4 is 28.9 Å². The van der Waals surface area contributed by atoms with E-state index in [4.69, 9.17) is 4.74 Å². The minimum Gasteiger partial charge on any atom is -0.465 e. The molecule has 5 heteroatoms. The topological polar surface area (TPSA) is 55.4 Å². The number of methoxy groups -OCH3 is 1. The molecule has 22 heavy (non-hydrogen) atoms. The van der Waals surface area contributed by atoms with Gasteiger partial charge in [0.2, 0.25) is 0 Å². The second kappa shape index (κ2) is 6.32. The Morgan fingerprint density at radius 2 is 1.91 bits per heavy atom. The number of carbonyl (C=O) groups excluding carboxylic acids is 2. The average Bonchev–Trinajstić information content (AvgIpc) is 2.99. The number of para-hydroxylation sites is 1. The SMILES string of the molecule is COC(=O)c1ccccc1NC(=O)c1csc2c1CCCC2. The van der Waals surface area contributed by atoms with Gasteiger partial charge in [-0.05, 0) is 43.4 Å². The first kappa shape index (κ1) is 14.8. The van der Waals surface area contributed by atoms with E-state index in [0.717, 1.165) is 24.8 Å². The van der Waals surface area contributed by atoms with Crippen molar-refractivity contribution < 1.29 is 14.3 Å². The Bertz CT molecular complexity index is 720. The molecule has 0 spiro atoms. The minimum absolute atomic E-state index is 0.157. The number of esters is 1. The summed E-state index contributed by atoms with van der Waals surface area (Å²) in [5, 5.41) is 4.77. The number of thiophene rings is 1. The minimum atomic E-state index is -0.455. The Morgan fingerprint density at radius 1 is 1.14 bits per heavy atom. The van der Waals surface area contributed by atoms with Crippen LogP contribution in [-0.2, 0) is 17.6 Å². The van der Waals surface area contributed by atoms with Crippen LogP contribution in [0, 0.1) is 0 Å². The van der Waals surface area contributed by atoms with Crippen molar-refractivity contribution in [3.05, 3.63) is 51.2 Å². The van der Waals surface area contributed by atoms with Crippen LogP contribution in [0.2, 0.25) is 0 Å². The van der Waals surface area contributed by atoms with Crippen molar-refractivity contribution in [2.75, 3.05) is 12.4 Å². The fourth-order valence-electron chi connectivity index (χ4n) is 2.75. The number of anilines is 1. The van der Waals surface area contributed by atoms with E-state index < -0.39 is 5.97 Å². The molecule has 1 aliphatic rings. The van der Waals surface area contributed by atoms with Crippen LogP contribution in [0.25, 0.3) is 0 Å².